The summed E-state index contributed by atoms with van der Waals surface area (Å²) in [6.45, 7) is 0.767. The molecule has 2 rings (SSSR count). The molecule has 104 valence electrons. The van der Waals surface area contributed by atoms with Gasteiger partial charge in [0.25, 0.3) is 0 Å². The molecule has 2 N–H and O–H groups in total. The van der Waals surface area contributed by atoms with Crippen molar-refractivity contribution in [2.75, 3.05) is 11.9 Å². The smallest absolute Gasteiger partial charge is 0.170 e. The molecule has 0 atom stereocenters. The van der Waals surface area contributed by atoms with Crippen molar-refractivity contribution >= 4 is 23.0 Å². The maximum Gasteiger partial charge on any atom is 0.170 e. The average Bonchev–Trinajstić information content (AvgIpc) is 2.46. The van der Waals surface area contributed by atoms with Crippen LogP contribution in [0.5, 0.6) is 0 Å². The molecule has 0 spiro atoms. The molecule has 0 unspecified atom stereocenters. The van der Waals surface area contributed by atoms with Gasteiger partial charge in [-0.1, -0.05) is 12.1 Å². The van der Waals surface area contributed by atoms with Crippen LogP contribution < -0.4 is 10.6 Å². The third-order valence-corrected chi connectivity index (χ3v) is 3.01. The average molecular weight is 289 g/mol. The first-order valence-corrected chi connectivity index (χ1v) is 6.84. The number of aromatic nitrogens is 1. The molecule has 1 aromatic carbocycles. The number of benzene rings is 1. The van der Waals surface area contributed by atoms with Gasteiger partial charge in [-0.15, -0.1) is 0 Å². The van der Waals surface area contributed by atoms with Gasteiger partial charge in [-0.2, -0.15) is 0 Å². The molecule has 1 aromatic heterocycles. The predicted molar refractivity (Wildman–Crippen MR) is 83.2 cm³/mol. The monoisotopic (exact) mass is 289 g/mol. The van der Waals surface area contributed by atoms with Crippen LogP contribution in [-0.2, 0) is 6.42 Å². The fraction of sp³-hybridized carbons (Fsp3) is 0.200. The Hall–Kier alpha value is -2.01. The molecule has 3 nitrogen and oxygen atoms in total. The standard InChI is InChI=1S/C15H16FN3S/c16-13-7-5-12(6-8-13)3-1-10-18-15(20)19-14-4-2-9-17-11-14/h2,4-9,11H,1,3,10H2,(H2,18,19,20). The Morgan fingerprint density at radius 2 is 2.00 bits per heavy atom. The highest BCUT2D eigenvalue weighted by molar-refractivity contribution is 7.80. The molecule has 20 heavy (non-hydrogen) atoms. The lowest BCUT2D eigenvalue weighted by molar-refractivity contribution is 0.626. The topological polar surface area (TPSA) is 37.0 Å². The number of hydrogen-bond acceptors (Lipinski definition) is 2. The summed E-state index contributed by atoms with van der Waals surface area (Å²) in [6.07, 6.45) is 5.25. The molecule has 5 heteroatoms. The number of rotatable bonds is 5. The minimum absolute atomic E-state index is 0.200. The van der Waals surface area contributed by atoms with Crippen LogP contribution in [0.3, 0.4) is 0 Å². The van der Waals surface area contributed by atoms with Crippen molar-refractivity contribution in [3.63, 3.8) is 0 Å². The number of hydrogen-bond donors (Lipinski definition) is 2. The first-order chi connectivity index (χ1) is 9.74. The van der Waals surface area contributed by atoms with Crippen LogP contribution in [0, 0.1) is 5.82 Å². The molecule has 0 saturated heterocycles. The first-order valence-electron chi connectivity index (χ1n) is 6.43. The zero-order chi connectivity index (χ0) is 14.2. The van der Waals surface area contributed by atoms with Gasteiger partial charge in [0.2, 0.25) is 0 Å². The van der Waals surface area contributed by atoms with Crippen molar-refractivity contribution in [3.05, 3.63) is 60.2 Å². The van der Waals surface area contributed by atoms with E-state index in [0.717, 1.165) is 30.6 Å². The van der Waals surface area contributed by atoms with E-state index in [-0.39, 0.29) is 5.82 Å². The zero-order valence-corrected chi connectivity index (χ0v) is 11.8. The summed E-state index contributed by atoms with van der Waals surface area (Å²) in [7, 11) is 0. The number of aryl methyl sites for hydroxylation is 1. The van der Waals surface area contributed by atoms with Gasteiger partial charge in [0, 0.05) is 12.7 Å². The minimum Gasteiger partial charge on any atom is -0.362 e. The van der Waals surface area contributed by atoms with E-state index in [0.29, 0.717) is 5.11 Å². The van der Waals surface area contributed by atoms with Crippen LogP contribution >= 0.6 is 12.2 Å². The molecule has 0 amide bonds. The first kappa shape index (κ1) is 14.4. The van der Waals surface area contributed by atoms with Crippen LogP contribution in [0.4, 0.5) is 10.1 Å². The second kappa shape index (κ2) is 7.55. The van der Waals surface area contributed by atoms with Gasteiger partial charge >= 0.3 is 0 Å². The van der Waals surface area contributed by atoms with E-state index in [2.05, 4.69) is 15.6 Å². The van der Waals surface area contributed by atoms with Gasteiger partial charge in [-0.05, 0) is 54.9 Å². The van der Waals surface area contributed by atoms with Crippen LogP contribution in [0.15, 0.2) is 48.8 Å². The van der Waals surface area contributed by atoms with Crippen LogP contribution in [-0.4, -0.2) is 16.6 Å². The number of pyridine rings is 1. The molecule has 0 bridgehead atoms. The van der Waals surface area contributed by atoms with Gasteiger partial charge in [0.1, 0.15) is 5.82 Å². The van der Waals surface area contributed by atoms with Gasteiger partial charge in [-0.3, -0.25) is 4.98 Å². The lowest BCUT2D eigenvalue weighted by atomic mass is 10.1. The van der Waals surface area contributed by atoms with Gasteiger partial charge in [0.15, 0.2) is 5.11 Å². The second-order valence-electron chi connectivity index (χ2n) is 4.35. The number of halogens is 1. The normalized spacial score (nSPS) is 10.1. The minimum atomic E-state index is -0.200. The molecule has 1 heterocycles. The summed E-state index contributed by atoms with van der Waals surface area (Å²) < 4.78 is 12.7. The fourth-order valence-corrected chi connectivity index (χ4v) is 1.98. The van der Waals surface area contributed by atoms with Crippen molar-refractivity contribution < 1.29 is 4.39 Å². The quantitative estimate of drug-likeness (QED) is 0.655. The summed E-state index contributed by atoms with van der Waals surface area (Å²) in [5.74, 6) is -0.200. The Morgan fingerprint density at radius 3 is 2.70 bits per heavy atom. The summed E-state index contributed by atoms with van der Waals surface area (Å²) in [6, 6.07) is 10.3. The Labute approximate surface area is 123 Å². The SMILES string of the molecule is Fc1ccc(CCCNC(=S)Nc2cccnc2)cc1. The summed E-state index contributed by atoms with van der Waals surface area (Å²) in [5.41, 5.74) is 1.99. The molecule has 0 saturated carbocycles. The third-order valence-electron chi connectivity index (χ3n) is 2.76. The Kier molecular flexibility index (Phi) is 5.43. The van der Waals surface area contributed by atoms with E-state index >= 15 is 0 Å². The summed E-state index contributed by atoms with van der Waals surface area (Å²) in [4.78, 5) is 4.00. The molecular weight excluding hydrogens is 273 g/mol. The van der Waals surface area contributed by atoms with E-state index in [1.165, 1.54) is 12.1 Å². The number of nitrogens with zero attached hydrogens (tertiary/aromatic N) is 1. The molecule has 0 aliphatic carbocycles. The highest BCUT2D eigenvalue weighted by Crippen LogP contribution is 2.05. The fourth-order valence-electron chi connectivity index (χ4n) is 1.76. The highest BCUT2D eigenvalue weighted by Gasteiger charge is 1.98. The third kappa shape index (κ3) is 4.93. The summed E-state index contributed by atoms with van der Waals surface area (Å²) in [5, 5.41) is 6.77. The van der Waals surface area contributed by atoms with Crippen molar-refractivity contribution in [3.8, 4) is 0 Å². The lowest BCUT2D eigenvalue weighted by Gasteiger charge is -2.10. The van der Waals surface area contributed by atoms with Crippen LogP contribution in [0.2, 0.25) is 0 Å². The Bertz CT molecular complexity index is 543. The summed E-state index contributed by atoms with van der Waals surface area (Å²) >= 11 is 5.18. The second-order valence-corrected chi connectivity index (χ2v) is 4.76. The maximum atomic E-state index is 12.7. The van der Waals surface area contributed by atoms with Crippen molar-refractivity contribution in [1.29, 1.82) is 0 Å². The van der Waals surface area contributed by atoms with Gasteiger partial charge in [0.05, 0.1) is 11.9 Å². The zero-order valence-electron chi connectivity index (χ0n) is 11.0. The van der Waals surface area contributed by atoms with E-state index in [9.17, 15) is 4.39 Å². The number of nitrogens with one attached hydrogen (secondary N) is 2. The highest BCUT2D eigenvalue weighted by atomic mass is 32.1. The van der Waals surface area contributed by atoms with E-state index < -0.39 is 0 Å². The predicted octanol–water partition coefficient (Wildman–Crippen LogP) is 3.14. The molecule has 2 aromatic rings. The van der Waals surface area contributed by atoms with Crippen LogP contribution in [0.25, 0.3) is 0 Å². The maximum absolute atomic E-state index is 12.7. The van der Waals surface area contributed by atoms with Crippen molar-refractivity contribution in [2.45, 2.75) is 12.8 Å². The van der Waals surface area contributed by atoms with Gasteiger partial charge < -0.3 is 10.6 Å². The van der Waals surface area contributed by atoms with E-state index in [1.807, 2.05) is 24.3 Å². The molecule has 0 aliphatic heterocycles. The van der Waals surface area contributed by atoms with Crippen molar-refractivity contribution in [2.24, 2.45) is 0 Å². The Balaban J connectivity index is 1.66. The van der Waals surface area contributed by atoms with E-state index in [4.69, 9.17) is 12.2 Å². The molecule has 0 fully saturated rings. The van der Waals surface area contributed by atoms with E-state index in [1.54, 1.807) is 12.4 Å². The molecular formula is C15H16FN3S. The number of anilines is 1. The molecule has 0 aliphatic rings. The van der Waals surface area contributed by atoms with Crippen LogP contribution in [0.1, 0.15) is 12.0 Å². The molecule has 0 radical (unpaired) electrons. The lowest BCUT2D eigenvalue weighted by Crippen LogP contribution is -2.29. The Morgan fingerprint density at radius 1 is 1.20 bits per heavy atom. The van der Waals surface area contributed by atoms with Gasteiger partial charge in [-0.25, -0.2) is 4.39 Å². The van der Waals surface area contributed by atoms with Crippen molar-refractivity contribution in [1.82, 2.24) is 10.3 Å². The number of thiocarbonyl (C=S) groups is 1. The largest absolute Gasteiger partial charge is 0.362 e.